The first-order valence-electron chi connectivity index (χ1n) is 4.72. The normalized spacial score (nSPS) is 17.3. The van der Waals surface area contributed by atoms with Crippen molar-refractivity contribution in [3.05, 3.63) is 0 Å². The molecule has 0 saturated carbocycles. The molecular weight excluding hydrogens is 216 g/mol. The predicted octanol–water partition coefficient (Wildman–Crippen LogP) is -1.47. The van der Waals surface area contributed by atoms with Gasteiger partial charge in [0.1, 0.15) is 0 Å². The van der Waals surface area contributed by atoms with Crippen molar-refractivity contribution in [2.45, 2.75) is 0 Å². The average Bonchev–Trinajstić information content (AvgIpc) is 2.29. The Morgan fingerprint density at radius 2 is 2.07 bits per heavy atom. The molecule has 3 N–H and O–H groups in total. The lowest BCUT2D eigenvalue weighted by Crippen LogP contribution is -2.53. The average molecular weight is 232 g/mol. The number of hydrogen-bond acceptors (Lipinski definition) is 5. The Bertz CT molecular complexity index is 241. The summed E-state index contributed by atoms with van der Waals surface area (Å²) in [5.41, 5.74) is 2.45. The third-order valence-electron chi connectivity index (χ3n) is 2.36. The Morgan fingerprint density at radius 1 is 1.47 bits per heavy atom. The molecule has 0 aromatic carbocycles. The number of ether oxygens (including phenoxy) is 1. The second-order valence-electron chi connectivity index (χ2n) is 3.29. The standard InChI is InChI=1S/C8H16N4O2S/c1-14-7(13)6-11-2-4-12(5-3-11)8(15)10-9/h2-6,9H2,1H3,(H,10,15). The molecule has 86 valence electrons. The third kappa shape index (κ3) is 3.61. The molecule has 0 aliphatic carbocycles. The van der Waals surface area contributed by atoms with Crippen LogP contribution in [0.15, 0.2) is 0 Å². The number of nitrogens with zero attached hydrogens (tertiary/aromatic N) is 2. The monoisotopic (exact) mass is 232 g/mol. The van der Waals surface area contributed by atoms with E-state index in [1.807, 2.05) is 9.80 Å². The van der Waals surface area contributed by atoms with Crippen molar-refractivity contribution in [3.8, 4) is 0 Å². The molecule has 6 nitrogen and oxygen atoms in total. The lowest BCUT2D eigenvalue weighted by molar-refractivity contribution is -0.142. The molecule has 1 aliphatic heterocycles. The largest absolute Gasteiger partial charge is 0.468 e. The summed E-state index contributed by atoms with van der Waals surface area (Å²) < 4.78 is 4.60. The van der Waals surface area contributed by atoms with Crippen molar-refractivity contribution in [3.63, 3.8) is 0 Å². The van der Waals surface area contributed by atoms with Crippen LogP contribution in [0.3, 0.4) is 0 Å². The molecule has 0 bridgehead atoms. The van der Waals surface area contributed by atoms with Gasteiger partial charge in [-0.15, -0.1) is 0 Å². The zero-order valence-electron chi connectivity index (χ0n) is 8.73. The van der Waals surface area contributed by atoms with Gasteiger partial charge in [0.15, 0.2) is 5.11 Å². The van der Waals surface area contributed by atoms with Gasteiger partial charge in [-0.1, -0.05) is 0 Å². The van der Waals surface area contributed by atoms with Crippen LogP contribution in [0.4, 0.5) is 0 Å². The molecular formula is C8H16N4O2S. The van der Waals surface area contributed by atoms with E-state index in [0.29, 0.717) is 11.7 Å². The van der Waals surface area contributed by atoms with Crippen LogP contribution in [-0.2, 0) is 9.53 Å². The van der Waals surface area contributed by atoms with Crippen LogP contribution in [0, 0.1) is 0 Å². The van der Waals surface area contributed by atoms with Crippen LogP contribution in [0.25, 0.3) is 0 Å². The molecule has 1 rings (SSSR count). The van der Waals surface area contributed by atoms with Gasteiger partial charge in [-0.05, 0) is 12.2 Å². The fraction of sp³-hybridized carbons (Fsp3) is 0.750. The minimum Gasteiger partial charge on any atom is -0.468 e. The smallest absolute Gasteiger partial charge is 0.319 e. The number of thiocarbonyl (C=S) groups is 1. The van der Waals surface area contributed by atoms with E-state index in [1.165, 1.54) is 7.11 Å². The van der Waals surface area contributed by atoms with Gasteiger partial charge in [0, 0.05) is 26.2 Å². The van der Waals surface area contributed by atoms with Crippen LogP contribution in [-0.4, -0.2) is 60.7 Å². The van der Waals surface area contributed by atoms with Crippen LogP contribution in [0.5, 0.6) is 0 Å². The first-order valence-corrected chi connectivity index (χ1v) is 5.13. The number of methoxy groups -OCH3 is 1. The quantitative estimate of drug-likeness (QED) is 0.260. The Balaban J connectivity index is 2.29. The first-order chi connectivity index (χ1) is 7.17. The van der Waals surface area contributed by atoms with Gasteiger partial charge >= 0.3 is 5.97 Å². The van der Waals surface area contributed by atoms with E-state index in [9.17, 15) is 4.79 Å². The van der Waals surface area contributed by atoms with Crippen molar-refractivity contribution in [2.24, 2.45) is 5.84 Å². The van der Waals surface area contributed by atoms with E-state index in [2.05, 4.69) is 10.2 Å². The highest BCUT2D eigenvalue weighted by Gasteiger charge is 2.20. The number of rotatable bonds is 2. The summed E-state index contributed by atoms with van der Waals surface area (Å²) in [6, 6.07) is 0. The number of piperazine rings is 1. The van der Waals surface area contributed by atoms with Crippen molar-refractivity contribution in [2.75, 3.05) is 39.8 Å². The molecule has 1 fully saturated rings. The lowest BCUT2D eigenvalue weighted by atomic mass is 10.3. The van der Waals surface area contributed by atoms with Gasteiger partial charge in [-0.3, -0.25) is 9.69 Å². The van der Waals surface area contributed by atoms with Gasteiger partial charge in [-0.25, -0.2) is 5.84 Å². The summed E-state index contributed by atoms with van der Waals surface area (Å²) in [7, 11) is 1.39. The van der Waals surface area contributed by atoms with Gasteiger partial charge in [0.2, 0.25) is 0 Å². The van der Waals surface area contributed by atoms with E-state index in [0.717, 1.165) is 26.2 Å². The number of nitrogens with two attached hydrogens (primary N) is 1. The maximum absolute atomic E-state index is 11.0. The maximum Gasteiger partial charge on any atom is 0.319 e. The molecule has 0 atom stereocenters. The second kappa shape index (κ2) is 5.84. The molecule has 0 radical (unpaired) electrons. The van der Waals surface area contributed by atoms with Gasteiger partial charge in [0.25, 0.3) is 0 Å². The fourth-order valence-electron chi connectivity index (χ4n) is 1.45. The first kappa shape index (κ1) is 12.2. The van der Waals surface area contributed by atoms with Crippen LogP contribution >= 0.6 is 12.2 Å². The van der Waals surface area contributed by atoms with E-state index < -0.39 is 0 Å². The van der Waals surface area contributed by atoms with E-state index in [4.69, 9.17) is 18.1 Å². The zero-order valence-corrected chi connectivity index (χ0v) is 9.55. The molecule has 1 heterocycles. The molecule has 7 heteroatoms. The highest BCUT2D eigenvalue weighted by atomic mass is 32.1. The number of esters is 1. The molecule has 0 aromatic rings. The molecule has 0 unspecified atom stereocenters. The van der Waals surface area contributed by atoms with Gasteiger partial charge < -0.3 is 15.1 Å². The SMILES string of the molecule is COC(=O)CN1CCN(C(=S)NN)CC1. The van der Waals surface area contributed by atoms with Crippen molar-refractivity contribution in [1.29, 1.82) is 0 Å². The minimum atomic E-state index is -0.206. The van der Waals surface area contributed by atoms with E-state index >= 15 is 0 Å². The summed E-state index contributed by atoms with van der Waals surface area (Å²) in [6.07, 6.45) is 0. The molecule has 1 saturated heterocycles. The van der Waals surface area contributed by atoms with Gasteiger partial charge in [0.05, 0.1) is 13.7 Å². The number of hydrogen-bond donors (Lipinski definition) is 2. The Kier molecular flexibility index (Phi) is 4.73. The summed E-state index contributed by atoms with van der Waals surface area (Å²) >= 11 is 5.00. The molecule has 0 amide bonds. The number of nitrogens with one attached hydrogen (secondary N) is 1. The molecule has 0 aromatic heterocycles. The fourth-order valence-corrected chi connectivity index (χ4v) is 1.63. The predicted molar refractivity (Wildman–Crippen MR) is 60.0 cm³/mol. The lowest BCUT2D eigenvalue weighted by Gasteiger charge is -2.34. The summed E-state index contributed by atoms with van der Waals surface area (Å²) in [4.78, 5) is 15.0. The molecule has 15 heavy (non-hydrogen) atoms. The van der Waals surface area contributed by atoms with E-state index in [-0.39, 0.29) is 5.97 Å². The Hall–Kier alpha value is -0.920. The highest BCUT2D eigenvalue weighted by Crippen LogP contribution is 2.01. The molecule has 1 aliphatic rings. The Labute approximate surface area is 94.3 Å². The summed E-state index contributed by atoms with van der Waals surface area (Å²) in [6.45, 7) is 3.47. The van der Waals surface area contributed by atoms with Crippen molar-refractivity contribution >= 4 is 23.3 Å². The van der Waals surface area contributed by atoms with Crippen LogP contribution in [0.2, 0.25) is 0 Å². The van der Waals surface area contributed by atoms with Crippen LogP contribution in [0.1, 0.15) is 0 Å². The van der Waals surface area contributed by atoms with Crippen molar-refractivity contribution in [1.82, 2.24) is 15.2 Å². The Morgan fingerprint density at radius 3 is 2.53 bits per heavy atom. The van der Waals surface area contributed by atoms with Crippen LogP contribution < -0.4 is 11.3 Å². The highest BCUT2D eigenvalue weighted by molar-refractivity contribution is 7.80. The second-order valence-corrected chi connectivity index (χ2v) is 3.68. The maximum atomic E-state index is 11.0. The topological polar surface area (TPSA) is 70.8 Å². The van der Waals surface area contributed by atoms with Crippen molar-refractivity contribution < 1.29 is 9.53 Å². The summed E-state index contributed by atoms with van der Waals surface area (Å²) in [5.74, 6) is 5.01. The third-order valence-corrected chi connectivity index (χ3v) is 2.74. The minimum absolute atomic E-state index is 0.206. The summed E-state index contributed by atoms with van der Waals surface area (Å²) in [5, 5.41) is 0.549. The molecule has 0 spiro atoms. The number of carbonyl (C=O) groups excluding carboxylic acids is 1. The van der Waals surface area contributed by atoms with E-state index in [1.54, 1.807) is 0 Å². The number of hydrazine groups is 1. The zero-order chi connectivity index (χ0) is 11.3. The van der Waals surface area contributed by atoms with Gasteiger partial charge in [-0.2, -0.15) is 0 Å². The number of carbonyl (C=O) groups is 1.